The molecule has 0 aliphatic carbocycles. The minimum absolute atomic E-state index is 0.0313. The van der Waals surface area contributed by atoms with E-state index in [0.717, 1.165) is 12.8 Å². The summed E-state index contributed by atoms with van der Waals surface area (Å²) in [6, 6.07) is 10.8. The fraction of sp³-hybridized carbons (Fsp3) is 0.588. The van der Waals surface area contributed by atoms with Crippen LogP contribution in [0.3, 0.4) is 0 Å². The number of carbonyl (C=O) groups is 1. The van der Waals surface area contributed by atoms with Crippen molar-refractivity contribution in [1.29, 1.82) is 0 Å². The fourth-order valence-electron chi connectivity index (χ4n) is 4.24. The maximum Gasteiger partial charge on any atom is 0.309 e. The average Bonchev–Trinajstić information content (AvgIpc) is 2.50. The number of ether oxygens (including phenoxy) is 1. The molecule has 0 N–H and O–H groups in total. The van der Waals surface area contributed by atoms with Crippen molar-refractivity contribution in [2.75, 3.05) is 13.1 Å². The van der Waals surface area contributed by atoms with E-state index in [1.165, 1.54) is 31.5 Å². The molecule has 4 fully saturated rings. The van der Waals surface area contributed by atoms with Crippen molar-refractivity contribution in [2.24, 2.45) is 11.8 Å². The SMILES string of the molecule is O=C1OC2C3CCN(CC3)C2CC1Cc1ccccc1. The van der Waals surface area contributed by atoms with Crippen molar-refractivity contribution in [1.82, 2.24) is 4.90 Å². The molecule has 4 heterocycles. The second-order valence-corrected chi connectivity index (χ2v) is 6.46. The van der Waals surface area contributed by atoms with Gasteiger partial charge in [0.25, 0.3) is 0 Å². The van der Waals surface area contributed by atoms with E-state index in [9.17, 15) is 4.79 Å². The van der Waals surface area contributed by atoms with Gasteiger partial charge in [0, 0.05) is 6.04 Å². The maximum atomic E-state index is 12.3. The third-order valence-corrected chi connectivity index (χ3v) is 5.32. The molecule has 0 aromatic heterocycles. The standard InChI is InChI=1S/C17H21NO2/c19-17-14(10-12-4-2-1-3-5-12)11-15-16(20-17)13-6-8-18(15)9-7-13/h1-5,13-16H,6-11H2. The van der Waals surface area contributed by atoms with E-state index >= 15 is 0 Å². The van der Waals surface area contributed by atoms with Gasteiger partial charge >= 0.3 is 5.97 Å². The van der Waals surface area contributed by atoms with Gasteiger partial charge in [-0.25, -0.2) is 0 Å². The molecule has 3 unspecified atom stereocenters. The summed E-state index contributed by atoms with van der Waals surface area (Å²) in [6.45, 7) is 2.39. The highest BCUT2D eigenvalue weighted by molar-refractivity contribution is 5.74. The Morgan fingerprint density at radius 1 is 1.15 bits per heavy atom. The summed E-state index contributed by atoms with van der Waals surface area (Å²) in [5, 5.41) is 0. The number of benzene rings is 1. The zero-order valence-corrected chi connectivity index (χ0v) is 11.7. The highest BCUT2D eigenvalue weighted by atomic mass is 16.5. The Morgan fingerprint density at radius 2 is 1.90 bits per heavy atom. The van der Waals surface area contributed by atoms with E-state index in [0.29, 0.717) is 12.0 Å². The Hall–Kier alpha value is -1.35. The Kier molecular flexibility index (Phi) is 3.03. The Bertz CT molecular complexity index is 493. The van der Waals surface area contributed by atoms with Gasteiger partial charge in [0.1, 0.15) is 6.10 Å². The van der Waals surface area contributed by atoms with E-state index in [1.807, 2.05) is 18.2 Å². The molecule has 3 atom stereocenters. The molecule has 3 heteroatoms. The number of nitrogens with zero attached hydrogens (tertiary/aromatic N) is 1. The highest BCUT2D eigenvalue weighted by Crippen LogP contribution is 2.40. The second kappa shape index (κ2) is 4.88. The lowest BCUT2D eigenvalue weighted by molar-refractivity contribution is -0.185. The monoisotopic (exact) mass is 271 g/mol. The van der Waals surface area contributed by atoms with Crippen molar-refractivity contribution < 1.29 is 9.53 Å². The molecule has 20 heavy (non-hydrogen) atoms. The molecule has 4 aliphatic heterocycles. The Balaban J connectivity index is 1.51. The van der Waals surface area contributed by atoms with Gasteiger partial charge in [0.2, 0.25) is 0 Å². The van der Waals surface area contributed by atoms with E-state index < -0.39 is 0 Å². The van der Waals surface area contributed by atoms with Gasteiger partial charge in [-0.3, -0.25) is 9.69 Å². The molecule has 106 valence electrons. The summed E-state index contributed by atoms with van der Waals surface area (Å²) in [4.78, 5) is 14.8. The Labute approximate surface area is 119 Å². The number of esters is 1. The maximum absolute atomic E-state index is 12.3. The first-order valence-electron chi connectivity index (χ1n) is 7.80. The van der Waals surface area contributed by atoms with Gasteiger partial charge in [-0.2, -0.15) is 0 Å². The highest BCUT2D eigenvalue weighted by Gasteiger charge is 2.49. The first-order chi connectivity index (χ1) is 9.81. The third kappa shape index (κ3) is 2.05. The summed E-state index contributed by atoms with van der Waals surface area (Å²) in [5.74, 6) is 0.688. The topological polar surface area (TPSA) is 29.5 Å². The molecular weight excluding hydrogens is 250 g/mol. The van der Waals surface area contributed by atoms with E-state index in [2.05, 4.69) is 17.0 Å². The molecule has 0 spiro atoms. The van der Waals surface area contributed by atoms with Gasteiger partial charge < -0.3 is 4.74 Å². The van der Waals surface area contributed by atoms with E-state index in [1.54, 1.807) is 0 Å². The predicted molar refractivity (Wildman–Crippen MR) is 76.2 cm³/mol. The lowest BCUT2D eigenvalue weighted by atomic mass is 9.75. The number of rotatable bonds is 2. The molecule has 4 aliphatic rings. The van der Waals surface area contributed by atoms with Crippen molar-refractivity contribution >= 4 is 5.97 Å². The largest absolute Gasteiger partial charge is 0.460 e. The molecule has 0 amide bonds. The summed E-state index contributed by atoms with van der Waals surface area (Å²) >= 11 is 0. The predicted octanol–water partition coefficient (Wildman–Crippen LogP) is 2.25. The average molecular weight is 271 g/mol. The van der Waals surface area contributed by atoms with Gasteiger partial charge in [-0.15, -0.1) is 0 Å². The minimum atomic E-state index is 0.0313. The van der Waals surface area contributed by atoms with Crippen LogP contribution in [0.1, 0.15) is 24.8 Å². The van der Waals surface area contributed by atoms with Crippen molar-refractivity contribution in [3.05, 3.63) is 35.9 Å². The molecular formula is C17H21NO2. The summed E-state index contributed by atoms with van der Waals surface area (Å²) in [6.07, 6.45) is 4.39. The number of hydrogen-bond acceptors (Lipinski definition) is 3. The van der Waals surface area contributed by atoms with Crippen LogP contribution >= 0.6 is 0 Å². The summed E-state index contributed by atoms with van der Waals surface area (Å²) < 4.78 is 5.83. The van der Waals surface area contributed by atoms with E-state index in [-0.39, 0.29) is 18.0 Å². The van der Waals surface area contributed by atoms with Crippen LogP contribution in [-0.2, 0) is 16.0 Å². The number of carbonyl (C=O) groups excluding carboxylic acids is 1. The third-order valence-electron chi connectivity index (χ3n) is 5.32. The summed E-state index contributed by atoms with van der Waals surface area (Å²) in [5.41, 5.74) is 1.24. The summed E-state index contributed by atoms with van der Waals surface area (Å²) in [7, 11) is 0. The lowest BCUT2D eigenvalue weighted by Crippen LogP contribution is -2.62. The van der Waals surface area contributed by atoms with Gasteiger partial charge in [-0.1, -0.05) is 30.3 Å². The number of piperidine rings is 3. The first kappa shape index (κ1) is 12.4. The van der Waals surface area contributed by atoms with Crippen LogP contribution in [0.5, 0.6) is 0 Å². The molecule has 1 aromatic rings. The molecule has 1 aromatic carbocycles. The van der Waals surface area contributed by atoms with Gasteiger partial charge in [0.15, 0.2) is 0 Å². The van der Waals surface area contributed by atoms with Crippen LogP contribution in [0.15, 0.2) is 30.3 Å². The minimum Gasteiger partial charge on any atom is -0.460 e. The van der Waals surface area contributed by atoms with Crippen molar-refractivity contribution in [3.63, 3.8) is 0 Å². The van der Waals surface area contributed by atoms with Crippen LogP contribution in [0, 0.1) is 11.8 Å². The Morgan fingerprint density at radius 3 is 2.65 bits per heavy atom. The normalized spacial score (nSPS) is 39.2. The molecule has 4 saturated heterocycles. The molecule has 0 radical (unpaired) electrons. The zero-order valence-electron chi connectivity index (χ0n) is 11.7. The quantitative estimate of drug-likeness (QED) is 0.773. The van der Waals surface area contributed by atoms with Crippen LogP contribution < -0.4 is 0 Å². The zero-order chi connectivity index (χ0) is 13.5. The van der Waals surface area contributed by atoms with Crippen LogP contribution in [0.25, 0.3) is 0 Å². The van der Waals surface area contributed by atoms with Crippen LogP contribution in [0.2, 0.25) is 0 Å². The molecule has 0 saturated carbocycles. The second-order valence-electron chi connectivity index (χ2n) is 6.46. The smallest absolute Gasteiger partial charge is 0.309 e. The molecule has 5 rings (SSSR count). The fourth-order valence-corrected chi connectivity index (χ4v) is 4.24. The van der Waals surface area contributed by atoms with Crippen molar-refractivity contribution in [2.45, 2.75) is 37.8 Å². The molecule has 3 nitrogen and oxygen atoms in total. The number of hydrogen-bond donors (Lipinski definition) is 0. The van der Waals surface area contributed by atoms with Crippen LogP contribution in [0.4, 0.5) is 0 Å². The van der Waals surface area contributed by atoms with E-state index in [4.69, 9.17) is 4.74 Å². The number of fused-ring (bicyclic) bond motifs is 2. The van der Waals surface area contributed by atoms with Gasteiger partial charge in [0.05, 0.1) is 5.92 Å². The first-order valence-corrected chi connectivity index (χ1v) is 7.80. The van der Waals surface area contributed by atoms with Gasteiger partial charge in [-0.05, 0) is 50.3 Å². The van der Waals surface area contributed by atoms with Crippen LogP contribution in [-0.4, -0.2) is 36.1 Å². The lowest BCUT2D eigenvalue weighted by Gasteiger charge is -2.53. The molecule has 2 bridgehead atoms. The van der Waals surface area contributed by atoms with Crippen molar-refractivity contribution in [3.8, 4) is 0 Å².